The van der Waals surface area contributed by atoms with Crippen LogP contribution in [-0.4, -0.2) is 30.8 Å². The van der Waals surface area contributed by atoms with Gasteiger partial charge in [-0.15, -0.1) is 0 Å². The van der Waals surface area contributed by atoms with Crippen LogP contribution < -0.4 is 4.90 Å². The summed E-state index contributed by atoms with van der Waals surface area (Å²) in [5.74, 6) is 0. The normalized spacial score (nSPS) is 21.6. The Morgan fingerprint density at radius 1 is 1.41 bits per heavy atom. The Balaban J connectivity index is 2.12. The van der Waals surface area contributed by atoms with E-state index in [1.807, 2.05) is 13.1 Å². The van der Waals surface area contributed by atoms with Gasteiger partial charge in [-0.05, 0) is 24.5 Å². The van der Waals surface area contributed by atoms with E-state index >= 15 is 0 Å². The summed E-state index contributed by atoms with van der Waals surface area (Å²) in [6, 6.07) is 4.23. The number of hydrogen-bond donors (Lipinski definition) is 0. The highest BCUT2D eigenvalue weighted by Gasteiger charge is 2.30. The monoisotopic (exact) mass is 234 g/mol. The number of nitrogens with zero attached hydrogens (tertiary/aromatic N) is 2. The molecule has 0 radical (unpaired) electrons. The van der Waals surface area contributed by atoms with Crippen LogP contribution in [0.2, 0.25) is 0 Å². The molecule has 94 valence electrons. The second-order valence-corrected chi connectivity index (χ2v) is 5.83. The van der Waals surface area contributed by atoms with Crippen LogP contribution in [0.4, 0.5) is 5.69 Å². The predicted molar refractivity (Wildman–Crippen MR) is 70.4 cm³/mol. The van der Waals surface area contributed by atoms with Crippen LogP contribution in [0.15, 0.2) is 18.3 Å². The third kappa shape index (κ3) is 2.97. The van der Waals surface area contributed by atoms with Crippen LogP contribution in [-0.2, 0) is 4.74 Å². The van der Waals surface area contributed by atoms with Gasteiger partial charge in [0.15, 0.2) is 0 Å². The van der Waals surface area contributed by atoms with Gasteiger partial charge in [0.25, 0.3) is 0 Å². The second-order valence-electron chi connectivity index (χ2n) is 5.83. The van der Waals surface area contributed by atoms with Crippen molar-refractivity contribution < 1.29 is 4.74 Å². The number of anilines is 1. The van der Waals surface area contributed by atoms with Gasteiger partial charge in [0.1, 0.15) is 0 Å². The van der Waals surface area contributed by atoms with Gasteiger partial charge in [0.2, 0.25) is 0 Å². The van der Waals surface area contributed by atoms with E-state index < -0.39 is 0 Å². The molecule has 1 aliphatic rings. The predicted octanol–water partition coefficient (Wildman–Crippen LogP) is 2.64. The summed E-state index contributed by atoms with van der Waals surface area (Å²) in [7, 11) is 0. The van der Waals surface area contributed by atoms with Gasteiger partial charge in [0.05, 0.1) is 12.7 Å². The molecule has 0 amide bonds. The van der Waals surface area contributed by atoms with E-state index in [-0.39, 0.29) is 5.41 Å². The minimum absolute atomic E-state index is 0.195. The Bertz CT molecular complexity index is 384. The number of ether oxygens (including phenoxy) is 1. The molecule has 3 heteroatoms. The molecular weight excluding hydrogens is 212 g/mol. The number of aryl methyl sites for hydroxylation is 1. The first-order valence-corrected chi connectivity index (χ1v) is 6.26. The first-order valence-electron chi connectivity index (χ1n) is 6.26. The van der Waals surface area contributed by atoms with E-state index in [0.29, 0.717) is 6.10 Å². The van der Waals surface area contributed by atoms with Gasteiger partial charge in [-0.1, -0.05) is 20.8 Å². The van der Waals surface area contributed by atoms with Crippen LogP contribution in [0.1, 0.15) is 26.5 Å². The van der Waals surface area contributed by atoms with Crippen molar-refractivity contribution >= 4 is 5.69 Å². The quantitative estimate of drug-likeness (QED) is 0.747. The van der Waals surface area contributed by atoms with Gasteiger partial charge >= 0.3 is 0 Å². The minimum atomic E-state index is 0.195. The number of morpholine rings is 1. The number of rotatable bonds is 1. The molecule has 2 heterocycles. The van der Waals surface area contributed by atoms with Crippen molar-refractivity contribution in [1.29, 1.82) is 0 Å². The number of aromatic nitrogens is 1. The molecule has 0 spiro atoms. The fourth-order valence-electron chi connectivity index (χ4n) is 2.13. The Morgan fingerprint density at radius 3 is 2.82 bits per heavy atom. The summed E-state index contributed by atoms with van der Waals surface area (Å²) >= 11 is 0. The largest absolute Gasteiger partial charge is 0.374 e. The molecule has 2 rings (SSSR count). The second kappa shape index (κ2) is 4.65. The van der Waals surface area contributed by atoms with Crippen LogP contribution in [0.5, 0.6) is 0 Å². The molecule has 0 aliphatic carbocycles. The molecule has 0 N–H and O–H groups in total. The molecule has 0 saturated carbocycles. The fourth-order valence-corrected chi connectivity index (χ4v) is 2.13. The molecule has 0 bridgehead atoms. The number of hydrogen-bond acceptors (Lipinski definition) is 3. The highest BCUT2D eigenvalue weighted by Crippen LogP contribution is 2.27. The van der Waals surface area contributed by atoms with Crippen molar-refractivity contribution in [2.75, 3.05) is 24.6 Å². The maximum Gasteiger partial charge on any atom is 0.0798 e. The first-order chi connectivity index (χ1) is 7.97. The van der Waals surface area contributed by atoms with Gasteiger partial charge < -0.3 is 9.64 Å². The van der Waals surface area contributed by atoms with Crippen molar-refractivity contribution in [3.63, 3.8) is 0 Å². The molecule has 1 aromatic rings. The Hall–Kier alpha value is -1.09. The Kier molecular flexibility index (Phi) is 3.38. The fraction of sp³-hybridized carbons (Fsp3) is 0.643. The van der Waals surface area contributed by atoms with Gasteiger partial charge in [-0.2, -0.15) is 0 Å². The summed E-state index contributed by atoms with van der Waals surface area (Å²) in [6.07, 6.45) is 2.18. The van der Waals surface area contributed by atoms with Crippen molar-refractivity contribution in [1.82, 2.24) is 4.98 Å². The highest BCUT2D eigenvalue weighted by atomic mass is 16.5. The molecule has 1 fully saturated rings. The van der Waals surface area contributed by atoms with Crippen LogP contribution >= 0.6 is 0 Å². The zero-order valence-electron chi connectivity index (χ0n) is 11.2. The molecule has 1 aromatic heterocycles. The molecule has 17 heavy (non-hydrogen) atoms. The third-order valence-electron chi connectivity index (χ3n) is 3.28. The zero-order valence-corrected chi connectivity index (χ0v) is 11.2. The van der Waals surface area contributed by atoms with Crippen LogP contribution in [0.3, 0.4) is 0 Å². The van der Waals surface area contributed by atoms with Gasteiger partial charge in [-0.25, -0.2) is 0 Å². The van der Waals surface area contributed by atoms with Crippen molar-refractivity contribution in [2.24, 2.45) is 5.41 Å². The summed E-state index contributed by atoms with van der Waals surface area (Å²) in [4.78, 5) is 6.64. The SMILES string of the molecule is Cc1cc(N2CCO[C@H](C(C)(C)C)C2)ccn1. The molecule has 1 saturated heterocycles. The highest BCUT2D eigenvalue weighted by molar-refractivity contribution is 5.46. The van der Waals surface area contributed by atoms with Crippen molar-refractivity contribution in [2.45, 2.75) is 33.8 Å². The van der Waals surface area contributed by atoms with Crippen LogP contribution in [0, 0.1) is 12.3 Å². The summed E-state index contributed by atoms with van der Waals surface area (Å²) in [6.45, 7) is 11.5. The van der Waals surface area contributed by atoms with E-state index in [1.165, 1.54) is 5.69 Å². The first kappa shape index (κ1) is 12.4. The molecule has 1 atom stereocenters. The van der Waals surface area contributed by atoms with Crippen LogP contribution in [0.25, 0.3) is 0 Å². The summed E-state index contributed by atoms with van der Waals surface area (Å²) in [5, 5.41) is 0. The third-order valence-corrected chi connectivity index (χ3v) is 3.28. The molecular formula is C14H22N2O. The Morgan fingerprint density at radius 2 is 2.18 bits per heavy atom. The van der Waals surface area contributed by atoms with E-state index in [1.54, 1.807) is 0 Å². The van der Waals surface area contributed by atoms with Gasteiger partial charge in [-0.3, -0.25) is 4.98 Å². The smallest absolute Gasteiger partial charge is 0.0798 e. The lowest BCUT2D eigenvalue weighted by Gasteiger charge is -2.40. The Labute approximate surface area is 104 Å². The topological polar surface area (TPSA) is 25.4 Å². The van der Waals surface area contributed by atoms with Crippen molar-refractivity contribution in [3.8, 4) is 0 Å². The zero-order chi connectivity index (χ0) is 12.5. The lowest BCUT2D eigenvalue weighted by atomic mass is 9.88. The van der Waals surface area contributed by atoms with E-state index in [2.05, 4.69) is 42.8 Å². The number of pyridine rings is 1. The maximum atomic E-state index is 5.87. The maximum absolute atomic E-state index is 5.87. The van der Waals surface area contributed by atoms with Crippen molar-refractivity contribution in [3.05, 3.63) is 24.0 Å². The standard InChI is InChI=1S/C14H22N2O/c1-11-9-12(5-6-15-11)16-7-8-17-13(10-16)14(2,3)4/h5-6,9,13H,7-8,10H2,1-4H3/t13-/m0/s1. The lowest BCUT2D eigenvalue weighted by Crippen LogP contribution is -2.48. The summed E-state index contributed by atoms with van der Waals surface area (Å²) < 4.78 is 5.87. The summed E-state index contributed by atoms with van der Waals surface area (Å²) in [5.41, 5.74) is 2.53. The molecule has 0 aromatic carbocycles. The molecule has 1 aliphatic heterocycles. The van der Waals surface area contributed by atoms with E-state index in [4.69, 9.17) is 4.74 Å². The van der Waals surface area contributed by atoms with Gasteiger partial charge in [0, 0.05) is 30.7 Å². The van der Waals surface area contributed by atoms with E-state index in [0.717, 1.165) is 25.4 Å². The lowest BCUT2D eigenvalue weighted by molar-refractivity contribution is -0.0265. The minimum Gasteiger partial charge on any atom is -0.374 e. The average molecular weight is 234 g/mol. The average Bonchev–Trinajstić information content (AvgIpc) is 2.28. The van der Waals surface area contributed by atoms with E-state index in [9.17, 15) is 0 Å². The molecule has 3 nitrogen and oxygen atoms in total. The molecule has 0 unspecified atom stereocenters.